The normalized spacial score (nSPS) is 9.80. The predicted octanol–water partition coefficient (Wildman–Crippen LogP) is 1.07. The monoisotopic (exact) mass is 213 g/mol. The third-order valence-electron chi connectivity index (χ3n) is 1.51. The first-order chi connectivity index (χ1) is 7.33. The highest BCUT2D eigenvalue weighted by Crippen LogP contribution is 2.32. The highest BCUT2D eigenvalue weighted by Gasteiger charge is 2.15. The van der Waals surface area contributed by atoms with Gasteiger partial charge >= 0.3 is 0 Å². The summed E-state index contributed by atoms with van der Waals surface area (Å²) in [5.74, 6) is 1.05. The molecule has 1 aromatic rings. The highest BCUT2D eigenvalue weighted by molar-refractivity contribution is 5.40. The molecule has 15 heavy (non-hydrogen) atoms. The Morgan fingerprint density at radius 2 is 1.27 bits per heavy atom. The van der Waals surface area contributed by atoms with Crippen LogP contribution in [0.25, 0.3) is 0 Å². The van der Waals surface area contributed by atoms with Gasteiger partial charge in [0.05, 0.1) is 19.8 Å². The van der Waals surface area contributed by atoms with E-state index < -0.39 is 0 Å². The molecule has 0 fully saturated rings. The third-order valence-corrected chi connectivity index (χ3v) is 1.51. The minimum Gasteiger partial charge on any atom is -0.484 e. The van der Waals surface area contributed by atoms with E-state index in [0.717, 1.165) is 0 Å². The molecule has 0 saturated heterocycles. The Labute approximate surface area is 88.6 Å². The molecule has 1 aromatic heterocycles. The van der Waals surface area contributed by atoms with Gasteiger partial charge in [0, 0.05) is 0 Å². The summed E-state index contributed by atoms with van der Waals surface area (Å²) in [5.41, 5.74) is 0. The van der Waals surface area contributed by atoms with Gasteiger partial charge in [0.15, 0.2) is 0 Å². The molecule has 6 nitrogen and oxygen atoms in total. The van der Waals surface area contributed by atoms with Crippen LogP contribution in [0, 0.1) is 0 Å². The molecule has 0 atom stereocenters. The largest absolute Gasteiger partial charge is 0.484 e. The fourth-order valence-corrected chi connectivity index (χ4v) is 1.02. The van der Waals surface area contributed by atoms with Crippen LogP contribution >= 0.6 is 0 Å². The van der Waals surface area contributed by atoms with Crippen molar-refractivity contribution in [1.29, 1.82) is 0 Å². The molecule has 0 amide bonds. The number of nitrogens with zero attached hydrogens (tertiary/aromatic N) is 3. The van der Waals surface area contributed by atoms with E-state index in [1.165, 1.54) is 0 Å². The van der Waals surface area contributed by atoms with Gasteiger partial charge < -0.3 is 14.2 Å². The Bertz CT molecular complexity index is 282. The SMILES string of the molecule is CCOc1nnnc(OCC)c1OCC. The molecule has 84 valence electrons. The van der Waals surface area contributed by atoms with Crippen molar-refractivity contribution in [1.82, 2.24) is 15.4 Å². The van der Waals surface area contributed by atoms with Crippen molar-refractivity contribution in [3.63, 3.8) is 0 Å². The number of aromatic nitrogens is 3. The quantitative estimate of drug-likeness (QED) is 0.704. The summed E-state index contributed by atoms with van der Waals surface area (Å²) in [6.07, 6.45) is 0. The summed E-state index contributed by atoms with van der Waals surface area (Å²) in [6, 6.07) is 0. The van der Waals surface area contributed by atoms with Gasteiger partial charge in [0.25, 0.3) is 11.8 Å². The average Bonchev–Trinajstić information content (AvgIpc) is 2.23. The maximum absolute atomic E-state index is 5.36. The fraction of sp³-hybridized carbons (Fsp3) is 0.667. The number of ether oxygens (including phenoxy) is 3. The molecule has 0 aromatic carbocycles. The Morgan fingerprint density at radius 3 is 1.67 bits per heavy atom. The zero-order valence-electron chi connectivity index (χ0n) is 9.19. The summed E-state index contributed by atoms with van der Waals surface area (Å²) in [4.78, 5) is 0. The minimum absolute atomic E-state index is 0.317. The zero-order chi connectivity index (χ0) is 11.1. The van der Waals surface area contributed by atoms with E-state index in [1.54, 1.807) is 0 Å². The summed E-state index contributed by atoms with van der Waals surface area (Å²) in [6.45, 7) is 7.06. The van der Waals surface area contributed by atoms with Gasteiger partial charge in [-0.15, -0.1) is 0 Å². The third kappa shape index (κ3) is 2.93. The molecular formula is C9H15N3O3. The van der Waals surface area contributed by atoms with Gasteiger partial charge in [0.1, 0.15) is 0 Å². The van der Waals surface area contributed by atoms with Gasteiger partial charge in [-0.05, 0) is 26.0 Å². The van der Waals surface area contributed by atoms with Crippen molar-refractivity contribution in [3.05, 3.63) is 0 Å². The van der Waals surface area contributed by atoms with Crippen molar-refractivity contribution >= 4 is 0 Å². The van der Waals surface area contributed by atoms with E-state index in [4.69, 9.17) is 14.2 Å². The first-order valence-electron chi connectivity index (χ1n) is 4.95. The standard InChI is InChI=1S/C9H15N3O3/c1-4-13-7-8(14-5-2)10-12-11-9(7)15-6-3/h4-6H2,1-3H3. The fourth-order valence-electron chi connectivity index (χ4n) is 1.02. The van der Waals surface area contributed by atoms with E-state index in [0.29, 0.717) is 37.3 Å². The molecule has 0 spiro atoms. The molecule has 0 unspecified atom stereocenters. The van der Waals surface area contributed by atoms with E-state index in [-0.39, 0.29) is 0 Å². The van der Waals surface area contributed by atoms with Crippen LogP contribution in [0.1, 0.15) is 20.8 Å². The second-order valence-electron chi connectivity index (χ2n) is 2.53. The molecule has 0 radical (unpaired) electrons. The van der Waals surface area contributed by atoms with Crippen molar-refractivity contribution in [3.8, 4) is 17.5 Å². The molecule has 0 N–H and O–H groups in total. The lowest BCUT2D eigenvalue weighted by Crippen LogP contribution is -2.07. The van der Waals surface area contributed by atoms with Crippen LogP contribution in [0.2, 0.25) is 0 Å². The van der Waals surface area contributed by atoms with Crippen LogP contribution in [0.3, 0.4) is 0 Å². The zero-order valence-corrected chi connectivity index (χ0v) is 9.19. The van der Waals surface area contributed by atoms with Crippen LogP contribution in [0.5, 0.6) is 17.5 Å². The Morgan fingerprint density at radius 1 is 0.800 bits per heavy atom. The van der Waals surface area contributed by atoms with Crippen molar-refractivity contribution in [2.45, 2.75) is 20.8 Å². The first-order valence-corrected chi connectivity index (χ1v) is 4.95. The molecule has 0 saturated carbocycles. The van der Waals surface area contributed by atoms with Crippen LogP contribution in [0.4, 0.5) is 0 Å². The molecule has 0 aliphatic heterocycles. The summed E-state index contributed by atoms with van der Waals surface area (Å²) in [7, 11) is 0. The lowest BCUT2D eigenvalue weighted by atomic mass is 10.5. The Balaban J connectivity index is 2.97. The van der Waals surface area contributed by atoms with Gasteiger partial charge in [-0.25, -0.2) is 0 Å². The molecule has 1 rings (SSSR count). The van der Waals surface area contributed by atoms with Gasteiger partial charge in [-0.1, -0.05) is 10.2 Å². The maximum Gasteiger partial charge on any atom is 0.284 e. The van der Waals surface area contributed by atoms with Crippen LogP contribution in [-0.2, 0) is 0 Å². The molecular weight excluding hydrogens is 198 g/mol. The lowest BCUT2D eigenvalue weighted by molar-refractivity contribution is 0.240. The van der Waals surface area contributed by atoms with E-state index in [2.05, 4.69) is 15.4 Å². The number of hydrogen-bond acceptors (Lipinski definition) is 6. The summed E-state index contributed by atoms with van der Waals surface area (Å²) < 4.78 is 15.9. The minimum atomic E-state index is 0.317. The van der Waals surface area contributed by atoms with Crippen LogP contribution < -0.4 is 14.2 Å². The predicted molar refractivity (Wildman–Crippen MR) is 53.3 cm³/mol. The average molecular weight is 213 g/mol. The topological polar surface area (TPSA) is 66.4 Å². The van der Waals surface area contributed by atoms with E-state index in [1.807, 2.05) is 20.8 Å². The van der Waals surface area contributed by atoms with Crippen molar-refractivity contribution in [2.75, 3.05) is 19.8 Å². The second-order valence-corrected chi connectivity index (χ2v) is 2.53. The molecule has 6 heteroatoms. The summed E-state index contributed by atoms with van der Waals surface area (Å²) >= 11 is 0. The molecule has 0 aliphatic carbocycles. The Kier molecular flexibility index (Phi) is 4.59. The highest BCUT2D eigenvalue weighted by atomic mass is 16.5. The smallest absolute Gasteiger partial charge is 0.284 e. The number of hydrogen-bond donors (Lipinski definition) is 0. The van der Waals surface area contributed by atoms with Crippen LogP contribution in [0.15, 0.2) is 0 Å². The Hall–Kier alpha value is -1.59. The van der Waals surface area contributed by atoms with E-state index >= 15 is 0 Å². The summed E-state index contributed by atoms with van der Waals surface area (Å²) in [5, 5.41) is 11.0. The van der Waals surface area contributed by atoms with Gasteiger partial charge in [-0.2, -0.15) is 0 Å². The molecule has 0 aliphatic rings. The lowest BCUT2D eigenvalue weighted by Gasteiger charge is -2.11. The molecule has 0 bridgehead atoms. The van der Waals surface area contributed by atoms with Crippen molar-refractivity contribution in [2.24, 2.45) is 0 Å². The maximum atomic E-state index is 5.36. The van der Waals surface area contributed by atoms with Crippen LogP contribution in [-0.4, -0.2) is 35.2 Å². The van der Waals surface area contributed by atoms with Gasteiger partial charge in [-0.3, -0.25) is 0 Å². The second kappa shape index (κ2) is 6.00. The van der Waals surface area contributed by atoms with E-state index in [9.17, 15) is 0 Å². The van der Waals surface area contributed by atoms with Gasteiger partial charge in [0.2, 0.25) is 5.75 Å². The van der Waals surface area contributed by atoms with Crippen molar-refractivity contribution < 1.29 is 14.2 Å². The molecule has 1 heterocycles. The first kappa shape index (κ1) is 11.5. The number of rotatable bonds is 6.